The minimum Gasteiger partial charge on any atom is -0.292 e. The zero-order valence-corrected chi connectivity index (χ0v) is 16.0. The smallest absolute Gasteiger partial charge is 0.193 e. The summed E-state index contributed by atoms with van der Waals surface area (Å²) in [5.41, 5.74) is 6.45. The van der Waals surface area contributed by atoms with Gasteiger partial charge in [-0.05, 0) is 54.7 Å². The standard InChI is InChI=1S/C24H19ClO2/c1-24(2,25)23(27)17-9-11-21-19(13-17)14-18-12-16(8-10-20(18)21)22(26)15-6-4-3-5-7-15/h3-13H,14H2,1-2H3. The molecule has 134 valence electrons. The molecule has 0 aliphatic heterocycles. The maximum absolute atomic E-state index is 12.7. The summed E-state index contributed by atoms with van der Waals surface area (Å²) < 4.78 is 0. The van der Waals surface area contributed by atoms with E-state index in [0.29, 0.717) is 23.1 Å². The van der Waals surface area contributed by atoms with E-state index in [0.717, 1.165) is 22.3 Å². The van der Waals surface area contributed by atoms with Crippen molar-refractivity contribution in [3.8, 4) is 11.1 Å². The fourth-order valence-corrected chi connectivity index (χ4v) is 3.70. The van der Waals surface area contributed by atoms with Crippen molar-refractivity contribution in [2.75, 3.05) is 0 Å². The average molecular weight is 375 g/mol. The first-order valence-corrected chi connectivity index (χ1v) is 9.32. The Morgan fingerprint density at radius 3 is 1.93 bits per heavy atom. The molecule has 0 N–H and O–H groups in total. The highest BCUT2D eigenvalue weighted by Crippen LogP contribution is 2.38. The molecule has 0 bridgehead atoms. The lowest BCUT2D eigenvalue weighted by Gasteiger charge is -2.14. The summed E-state index contributed by atoms with van der Waals surface area (Å²) in [6.45, 7) is 3.42. The van der Waals surface area contributed by atoms with Gasteiger partial charge in [0.05, 0.1) is 0 Å². The molecule has 3 aromatic rings. The van der Waals surface area contributed by atoms with Crippen LogP contribution in [0.5, 0.6) is 0 Å². The van der Waals surface area contributed by atoms with Crippen LogP contribution in [0.3, 0.4) is 0 Å². The van der Waals surface area contributed by atoms with E-state index in [1.54, 1.807) is 13.8 Å². The fourth-order valence-electron chi connectivity index (χ4n) is 3.59. The number of carbonyl (C=O) groups is 2. The number of Topliss-reactive ketones (excluding diaryl/α,β-unsaturated/α-hetero) is 1. The zero-order chi connectivity index (χ0) is 19.2. The molecule has 1 aliphatic rings. The quantitative estimate of drug-likeness (QED) is 0.339. The van der Waals surface area contributed by atoms with Crippen LogP contribution in [0.2, 0.25) is 0 Å². The fraction of sp³-hybridized carbons (Fsp3) is 0.167. The van der Waals surface area contributed by atoms with E-state index in [-0.39, 0.29) is 11.6 Å². The first-order valence-electron chi connectivity index (χ1n) is 8.94. The molecule has 0 saturated heterocycles. The number of benzene rings is 3. The Hall–Kier alpha value is -2.71. The molecule has 0 fully saturated rings. The second-order valence-electron chi connectivity index (χ2n) is 7.42. The predicted molar refractivity (Wildman–Crippen MR) is 109 cm³/mol. The molecule has 0 saturated carbocycles. The van der Waals surface area contributed by atoms with E-state index >= 15 is 0 Å². The van der Waals surface area contributed by atoms with E-state index in [1.165, 1.54) is 0 Å². The van der Waals surface area contributed by atoms with Gasteiger partial charge >= 0.3 is 0 Å². The number of rotatable bonds is 4. The number of fused-ring (bicyclic) bond motifs is 3. The third-order valence-electron chi connectivity index (χ3n) is 4.98. The van der Waals surface area contributed by atoms with Gasteiger partial charge in [-0.2, -0.15) is 0 Å². The molecular formula is C24H19ClO2. The maximum Gasteiger partial charge on any atom is 0.193 e. The van der Waals surface area contributed by atoms with Crippen LogP contribution >= 0.6 is 11.6 Å². The van der Waals surface area contributed by atoms with E-state index in [2.05, 4.69) is 0 Å². The van der Waals surface area contributed by atoms with Gasteiger partial charge in [0.25, 0.3) is 0 Å². The highest BCUT2D eigenvalue weighted by Gasteiger charge is 2.27. The summed E-state index contributed by atoms with van der Waals surface area (Å²) in [6, 6.07) is 20.9. The van der Waals surface area contributed by atoms with Crippen molar-refractivity contribution in [3.63, 3.8) is 0 Å². The summed E-state index contributed by atoms with van der Waals surface area (Å²) in [5.74, 6) is -0.0584. The molecule has 0 spiro atoms. The summed E-state index contributed by atoms with van der Waals surface area (Å²) in [5, 5.41) is 0. The van der Waals surface area contributed by atoms with Crippen LogP contribution in [-0.4, -0.2) is 16.4 Å². The molecule has 0 atom stereocenters. The molecule has 1 aliphatic carbocycles. The van der Waals surface area contributed by atoms with Gasteiger partial charge in [0, 0.05) is 16.7 Å². The first-order chi connectivity index (χ1) is 12.8. The summed E-state index contributed by atoms with van der Waals surface area (Å²) in [7, 11) is 0. The van der Waals surface area contributed by atoms with Gasteiger partial charge < -0.3 is 0 Å². The Labute approximate surface area is 163 Å². The van der Waals surface area contributed by atoms with Gasteiger partial charge in [-0.15, -0.1) is 11.6 Å². The SMILES string of the molecule is CC(C)(Cl)C(=O)c1ccc2c(c1)Cc1cc(C(=O)c3ccccc3)ccc1-2. The number of alkyl halides is 1. The maximum atomic E-state index is 12.7. The molecular weight excluding hydrogens is 356 g/mol. The van der Waals surface area contributed by atoms with Crippen molar-refractivity contribution >= 4 is 23.2 Å². The number of hydrogen-bond donors (Lipinski definition) is 0. The second-order valence-corrected chi connectivity index (χ2v) is 8.36. The van der Waals surface area contributed by atoms with Gasteiger partial charge in [0.15, 0.2) is 11.6 Å². The van der Waals surface area contributed by atoms with E-state index in [1.807, 2.05) is 66.7 Å². The molecule has 3 aromatic carbocycles. The summed E-state index contributed by atoms with van der Waals surface area (Å²) in [4.78, 5) is 24.3. The first kappa shape index (κ1) is 17.7. The van der Waals surface area contributed by atoms with Gasteiger partial charge in [0.2, 0.25) is 0 Å². The third-order valence-corrected chi connectivity index (χ3v) is 5.15. The summed E-state index contributed by atoms with van der Waals surface area (Å²) in [6.07, 6.45) is 0.713. The molecule has 27 heavy (non-hydrogen) atoms. The molecule has 0 heterocycles. The normalized spacial score (nSPS) is 12.4. The summed E-state index contributed by atoms with van der Waals surface area (Å²) >= 11 is 6.19. The minimum absolute atomic E-state index is 0.0223. The van der Waals surface area contributed by atoms with Gasteiger partial charge in [-0.3, -0.25) is 9.59 Å². The minimum atomic E-state index is -0.922. The van der Waals surface area contributed by atoms with Crippen molar-refractivity contribution in [3.05, 3.63) is 94.5 Å². The number of ketones is 2. The Balaban J connectivity index is 1.67. The molecule has 3 heteroatoms. The van der Waals surface area contributed by atoms with Crippen LogP contribution in [0.25, 0.3) is 11.1 Å². The van der Waals surface area contributed by atoms with Crippen LogP contribution in [0.15, 0.2) is 66.7 Å². The third kappa shape index (κ3) is 3.22. The van der Waals surface area contributed by atoms with Crippen molar-refractivity contribution in [2.45, 2.75) is 25.1 Å². The molecule has 0 aromatic heterocycles. The Morgan fingerprint density at radius 1 is 0.778 bits per heavy atom. The number of carbonyl (C=O) groups excluding carboxylic acids is 2. The van der Waals surface area contributed by atoms with Crippen LogP contribution in [0.1, 0.15) is 51.3 Å². The molecule has 4 rings (SSSR count). The average Bonchev–Trinajstić information content (AvgIpc) is 3.03. The highest BCUT2D eigenvalue weighted by atomic mass is 35.5. The number of halogens is 1. The van der Waals surface area contributed by atoms with Crippen LogP contribution in [0, 0.1) is 0 Å². The zero-order valence-electron chi connectivity index (χ0n) is 15.3. The van der Waals surface area contributed by atoms with Crippen LogP contribution in [0.4, 0.5) is 0 Å². The van der Waals surface area contributed by atoms with Crippen LogP contribution < -0.4 is 0 Å². The Bertz CT molecular complexity index is 1060. The highest BCUT2D eigenvalue weighted by molar-refractivity contribution is 6.37. The monoisotopic (exact) mass is 374 g/mol. The second kappa shape index (κ2) is 6.47. The van der Waals surface area contributed by atoms with E-state index < -0.39 is 4.87 Å². The predicted octanol–water partition coefficient (Wildman–Crippen LogP) is 5.69. The van der Waals surface area contributed by atoms with Gasteiger partial charge in [-0.1, -0.05) is 54.6 Å². The molecule has 0 unspecified atom stereocenters. The Morgan fingerprint density at radius 2 is 1.33 bits per heavy atom. The van der Waals surface area contributed by atoms with Crippen molar-refractivity contribution in [1.29, 1.82) is 0 Å². The lowest BCUT2D eigenvalue weighted by Crippen LogP contribution is -2.24. The lowest BCUT2D eigenvalue weighted by atomic mass is 9.96. The number of hydrogen-bond acceptors (Lipinski definition) is 2. The van der Waals surface area contributed by atoms with Crippen LogP contribution in [-0.2, 0) is 6.42 Å². The van der Waals surface area contributed by atoms with Gasteiger partial charge in [-0.25, -0.2) is 0 Å². The molecule has 0 amide bonds. The molecule has 0 radical (unpaired) electrons. The molecule has 2 nitrogen and oxygen atoms in total. The van der Waals surface area contributed by atoms with Gasteiger partial charge in [0.1, 0.15) is 4.87 Å². The van der Waals surface area contributed by atoms with E-state index in [9.17, 15) is 9.59 Å². The lowest BCUT2D eigenvalue weighted by molar-refractivity contribution is 0.0954. The van der Waals surface area contributed by atoms with Crippen molar-refractivity contribution < 1.29 is 9.59 Å². The van der Waals surface area contributed by atoms with E-state index in [4.69, 9.17) is 11.6 Å². The topological polar surface area (TPSA) is 34.1 Å². The Kier molecular flexibility index (Phi) is 4.24. The van der Waals surface area contributed by atoms with Crippen molar-refractivity contribution in [1.82, 2.24) is 0 Å². The largest absolute Gasteiger partial charge is 0.292 e. The van der Waals surface area contributed by atoms with Crippen molar-refractivity contribution in [2.24, 2.45) is 0 Å².